The summed E-state index contributed by atoms with van der Waals surface area (Å²) in [6.07, 6.45) is 3.24. The fourth-order valence-electron chi connectivity index (χ4n) is 8.68. The van der Waals surface area contributed by atoms with E-state index in [4.69, 9.17) is 13.8 Å². The molecule has 0 saturated heterocycles. The van der Waals surface area contributed by atoms with Gasteiger partial charge in [-0.1, -0.05) is 123 Å². The molecule has 3 heterocycles. The van der Waals surface area contributed by atoms with Gasteiger partial charge in [-0.05, 0) is 112 Å². The van der Waals surface area contributed by atoms with E-state index in [0.29, 0.717) is 30.9 Å². The van der Waals surface area contributed by atoms with Gasteiger partial charge < -0.3 is 19.1 Å². The van der Waals surface area contributed by atoms with Gasteiger partial charge in [0, 0.05) is 54.0 Å². The third-order valence-corrected chi connectivity index (χ3v) is 11.9. The van der Waals surface area contributed by atoms with Crippen LogP contribution in [0.1, 0.15) is 53.6 Å². The Morgan fingerprint density at radius 2 is 1.46 bits per heavy atom. The van der Waals surface area contributed by atoms with Crippen molar-refractivity contribution in [1.29, 1.82) is 0 Å². The molecule has 0 atom stereocenters. The van der Waals surface area contributed by atoms with E-state index in [-0.39, 0.29) is 26.5 Å². The first-order chi connectivity index (χ1) is 31.5. The van der Waals surface area contributed by atoms with E-state index in [9.17, 15) is 0 Å². The van der Waals surface area contributed by atoms with Gasteiger partial charge in [-0.15, -0.1) is 28.8 Å². The summed E-state index contributed by atoms with van der Waals surface area (Å²) >= 11 is 0. The summed E-state index contributed by atoms with van der Waals surface area (Å²) in [5.74, 6) is 1.49. The molecule has 0 unspecified atom stereocenters. The Hall–Kier alpha value is -6.42. The maximum absolute atomic E-state index is 8.48. The Morgan fingerprint density at radius 1 is 0.698 bits per heavy atom. The minimum Gasteiger partial charge on any atom is -0.517 e. The number of para-hydroxylation sites is 3. The largest absolute Gasteiger partial charge is 0.517 e. The summed E-state index contributed by atoms with van der Waals surface area (Å²) < 4.78 is 34.1. The number of nitrogens with zero attached hydrogens (tertiary/aromatic N) is 4. The maximum atomic E-state index is 8.48. The number of hydrogen-bond acceptors (Lipinski definition) is 4. The van der Waals surface area contributed by atoms with E-state index in [1.165, 1.54) is 5.56 Å². The summed E-state index contributed by atoms with van der Waals surface area (Å²) in [6, 6.07) is 62.9. The smallest absolute Gasteiger partial charge is 0.135 e. The SMILES string of the molecule is [2H]C([2H])([2H])c1cccc(-c2cccc(-c3ccccc3)c2)c1CCCN1[CH-]N(c2[c-]c(COc3[c-]c4c(cc3)c3ccccc3n4-c3cc(C(C)(C)C)ccn3)ccc2)c2ccccc21.[Pt]. The minimum atomic E-state index is -2.24. The number of fused-ring (bicyclic) bond motifs is 4. The van der Waals surface area contributed by atoms with E-state index in [0.717, 1.165) is 84.5 Å². The quantitative estimate of drug-likeness (QED) is 0.121. The van der Waals surface area contributed by atoms with E-state index in [1.54, 1.807) is 6.07 Å². The molecule has 1 aliphatic heterocycles. The zero-order chi connectivity index (χ0) is 44.7. The topological polar surface area (TPSA) is 33.5 Å². The van der Waals surface area contributed by atoms with Crippen LogP contribution < -0.4 is 14.5 Å². The number of rotatable bonds is 11. The molecule has 316 valence electrons. The molecule has 6 heteroatoms. The van der Waals surface area contributed by atoms with Crippen LogP contribution in [-0.4, -0.2) is 16.1 Å². The molecule has 0 N–H and O–H groups in total. The number of benzene rings is 7. The first kappa shape index (κ1) is 38.3. The molecule has 0 radical (unpaired) electrons. The summed E-state index contributed by atoms with van der Waals surface area (Å²) in [7, 11) is 0. The third kappa shape index (κ3) is 8.43. The first-order valence-corrected chi connectivity index (χ1v) is 21.3. The van der Waals surface area contributed by atoms with Crippen LogP contribution in [0, 0.1) is 25.7 Å². The number of hydrogen-bond donors (Lipinski definition) is 0. The Balaban J connectivity index is 0.00000548. The van der Waals surface area contributed by atoms with Crippen molar-refractivity contribution in [2.45, 2.75) is 52.5 Å². The molecule has 7 aromatic carbocycles. The second-order valence-corrected chi connectivity index (χ2v) is 17.0. The number of anilines is 3. The van der Waals surface area contributed by atoms with Gasteiger partial charge in [-0.25, -0.2) is 4.98 Å². The molecule has 10 rings (SSSR count). The number of ether oxygens (including phenoxy) is 1. The van der Waals surface area contributed by atoms with Crippen LogP contribution in [0.15, 0.2) is 170 Å². The summed E-state index contributed by atoms with van der Waals surface area (Å²) in [5, 5.41) is 2.23. The summed E-state index contributed by atoms with van der Waals surface area (Å²) in [4.78, 5) is 9.25. The molecule has 1 aliphatic rings. The van der Waals surface area contributed by atoms with Crippen molar-refractivity contribution >= 4 is 38.9 Å². The summed E-state index contributed by atoms with van der Waals surface area (Å²) in [5.41, 5.74) is 12.6. The molecule has 5 nitrogen and oxygen atoms in total. The van der Waals surface area contributed by atoms with Crippen LogP contribution in [0.3, 0.4) is 0 Å². The van der Waals surface area contributed by atoms with E-state index < -0.39 is 6.85 Å². The first-order valence-electron chi connectivity index (χ1n) is 22.8. The molecule has 0 amide bonds. The van der Waals surface area contributed by atoms with Crippen molar-refractivity contribution in [3.05, 3.63) is 211 Å². The summed E-state index contributed by atoms with van der Waals surface area (Å²) in [6.45, 7) is 7.55. The van der Waals surface area contributed by atoms with Gasteiger partial charge >= 0.3 is 0 Å². The van der Waals surface area contributed by atoms with Crippen molar-refractivity contribution in [2.75, 3.05) is 16.3 Å². The maximum Gasteiger partial charge on any atom is 0.135 e. The van der Waals surface area contributed by atoms with Gasteiger partial charge in [0.25, 0.3) is 0 Å². The average molecular weight is 1000 g/mol. The van der Waals surface area contributed by atoms with Crippen molar-refractivity contribution in [3.8, 4) is 33.8 Å². The fraction of sp³-hybridized carbons (Fsp3) is 0.158. The Kier molecular flexibility index (Phi) is 10.8. The van der Waals surface area contributed by atoms with Gasteiger partial charge in [0.05, 0.1) is 6.61 Å². The molecule has 63 heavy (non-hydrogen) atoms. The predicted molar refractivity (Wildman–Crippen MR) is 256 cm³/mol. The third-order valence-electron chi connectivity index (χ3n) is 11.9. The Morgan fingerprint density at radius 3 is 2.32 bits per heavy atom. The number of pyridine rings is 1. The molecule has 2 aromatic heterocycles. The van der Waals surface area contributed by atoms with Crippen LogP contribution in [0.2, 0.25) is 0 Å². The second-order valence-electron chi connectivity index (χ2n) is 17.0. The van der Waals surface area contributed by atoms with Crippen molar-refractivity contribution in [2.24, 2.45) is 0 Å². The van der Waals surface area contributed by atoms with Gasteiger partial charge in [0.1, 0.15) is 5.82 Å². The number of aryl methyl sites for hydroxylation is 1. The molecule has 0 fully saturated rings. The average Bonchev–Trinajstić information content (AvgIpc) is 3.86. The monoisotopic (exact) mass is 1000 g/mol. The fourth-order valence-corrected chi connectivity index (χ4v) is 8.68. The van der Waals surface area contributed by atoms with E-state index in [1.807, 2.05) is 48.7 Å². The normalized spacial score (nSPS) is 13.3. The van der Waals surface area contributed by atoms with Gasteiger partial charge in [-0.2, -0.15) is 37.0 Å². The van der Waals surface area contributed by atoms with Gasteiger partial charge in [0.15, 0.2) is 0 Å². The number of aromatic nitrogens is 2. The minimum absolute atomic E-state index is 0. The molecular weight excluding hydrogens is 952 g/mol. The second kappa shape index (κ2) is 17.7. The van der Waals surface area contributed by atoms with Crippen LogP contribution in [0.25, 0.3) is 49.9 Å². The Bertz CT molecular complexity index is 3170. The zero-order valence-corrected chi connectivity index (χ0v) is 37.9. The van der Waals surface area contributed by atoms with Crippen LogP contribution in [0.4, 0.5) is 17.1 Å². The van der Waals surface area contributed by atoms with E-state index in [2.05, 4.69) is 169 Å². The van der Waals surface area contributed by atoms with Gasteiger partial charge in [0.2, 0.25) is 0 Å². The van der Waals surface area contributed by atoms with Crippen molar-refractivity contribution < 1.29 is 29.9 Å². The molecular formula is C57H49N4OPt-3. The van der Waals surface area contributed by atoms with Crippen LogP contribution in [-0.2, 0) is 39.5 Å². The van der Waals surface area contributed by atoms with Crippen LogP contribution >= 0.6 is 0 Å². The van der Waals surface area contributed by atoms with Crippen LogP contribution in [0.5, 0.6) is 5.75 Å². The molecule has 0 aliphatic carbocycles. The molecule has 0 saturated carbocycles. The molecule has 0 spiro atoms. The zero-order valence-electron chi connectivity index (χ0n) is 38.6. The van der Waals surface area contributed by atoms with Crippen molar-refractivity contribution in [1.82, 2.24) is 9.55 Å². The van der Waals surface area contributed by atoms with Crippen molar-refractivity contribution in [3.63, 3.8) is 0 Å². The Labute approximate surface area is 390 Å². The predicted octanol–water partition coefficient (Wildman–Crippen LogP) is 14.0. The standard InChI is InChI=1S/C57H49N4O.Pt/c1-40-16-12-24-49(44-21-14-20-43(35-44)42-18-6-5-7-19-42)48(40)25-15-33-59-39-60(54-28-11-10-27-53(54)59)46-22-13-17-41(34-46)38-62-47-29-30-51-50-23-8-9-26-52(50)61(55(51)37-47)56-36-45(31-32-58-56)57(2,3)4;/h5-14,16-24,26-32,35-36,39H,15,25,33,38H2,1-4H3;/q-3;/i1D3;. The van der Waals surface area contributed by atoms with E-state index >= 15 is 0 Å². The van der Waals surface area contributed by atoms with Gasteiger partial charge in [-0.3, -0.25) is 0 Å². The molecule has 0 bridgehead atoms. The molecule has 9 aromatic rings.